The Kier molecular flexibility index (Phi) is 20.6. The molecule has 0 aliphatic heterocycles. The molecular weight excluding hydrogens is 1800 g/mol. The highest BCUT2D eigenvalue weighted by molar-refractivity contribution is 7.27. The minimum atomic E-state index is 0.858. The fourth-order valence-electron chi connectivity index (χ4n) is 20.5. The maximum atomic E-state index is 6.63. The van der Waals surface area contributed by atoms with Gasteiger partial charge in [-0.25, -0.2) is 4.98 Å². The summed E-state index contributed by atoms with van der Waals surface area (Å²) in [7, 11) is 0. The zero-order valence-corrected chi connectivity index (χ0v) is 79.0. The Bertz CT molecular complexity index is 10000. The van der Waals surface area contributed by atoms with Crippen molar-refractivity contribution in [2.24, 2.45) is 0 Å². The molecular formula is C129H81N5O3S4. The van der Waals surface area contributed by atoms with E-state index in [1.54, 1.807) is 11.3 Å². The van der Waals surface area contributed by atoms with Gasteiger partial charge in [-0.05, 0) is 246 Å². The average Bonchev–Trinajstić information content (AvgIpc) is 1.60. The molecule has 12 heteroatoms. The first kappa shape index (κ1) is 82.9. The summed E-state index contributed by atoms with van der Waals surface area (Å²) in [5.41, 5.74) is 25.5. The van der Waals surface area contributed by atoms with Crippen LogP contribution in [0.1, 0.15) is 0 Å². The second-order valence-corrected chi connectivity index (χ2v) is 40.1. The number of rotatable bonds is 13. The lowest BCUT2D eigenvalue weighted by Gasteiger charge is -2.14. The smallest absolute Gasteiger partial charge is 0.145 e. The summed E-state index contributed by atoms with van der Waals surface area (Å²) < 4.78 is 28.0. The molecule has 8 nitrogen and oxygen atoms in total. The lowest BCUT2D eigenvalue weighted by atomic mass is 9.91. The number of para-hydroxylation sites is 5. The number of fused-ring (bicyclic) bond motifs is 20. The molecule has 0 saturated carbocycles. The second-order valence-electron chi connectivity index (χ2n) is 35.8. The van der Waals surface area contributed by atoms with Crippen LogP contribution in [0.15, 0.2) is 480 Å². The van der Waals surface area contributed by atoms with Crippen LogP contribution in [-0.4, -0.2) is 4.98 Å². The van der Waals surface area contributed by atoms with Crippen LogP contribution in [0.3, 0.4) is 0 Å². The van der Waals surface area contributed by atoms with E-state index < -0.39 is 0 Å². The molecule has 0 spiro atoms. The molecule has 0 saturated heterocycles. The number of aromatic nitrogens is 1. The fourth-order valence-corrected chi connectivity index (χ4v) is 25.0. The minimum Gasteiger partial charge on any atom is -0.456 e. The number of anilines is 8. The van der Waals surface area contributed by atoms with Gasteiger partial charge in [-0.3, -0.25) is 0 Å². The first-order chi connectivity index (χ1) is 69.8. The van der Waals surface area contributed by atoms with Crippen LogP contribution in [0.5, 0.6) is 0 Å². The van der Waals surface area contributed by atoms with Gasteiger partial charge in [-0.2, -0.15) is 0 Å². The molecule has 0 unspecified atom stereocenters. The van der Waals surface area contributed by atoms with Gasteiger partial charge in [-0.15, -0.1) is 45.3 Å². The van der Waals surface area contributed by atoms with Crippen LogP contribution in [0.2, 0.25) is 0 Å². The van der Waals surface area contributed by atoms with E-state index in [4.69, 9.17) is 18.2 Å². The quantitative estimate of drug-likeness (QED) is 0.0848. The van der Waals surface area contributed by atoms with E-state index in [1.807, 2.05) is 88.6 Å². The molecule has 0 fully saturated rings. The summed E-state index contributed by atoms with van der Waals surface area (Å²) >= 11 is 7.26. The molecule has 7 heterocycles. The molecule has 141 heavy (non-hydrogen) atoms. The van der Waals surface area contributed by atoms with Crippen molar-refractivity contribution >= 4 is 270 Å². The highest BCUT2D eigenvalue weighted by Crippen LogP contribution is 2.51. The van der Waals surface area contributed by atoms with Crippen molar-refractivity contribution in [1.82, 2.24) is 4.98 Å². The summed E-state index contributed by atoms with van der Waals surface area (Å²) in [5.74, 6) is 0. The molecule has 4 N–H and O–H groups in total. The Balaban J connectivity index is 0.0000000954. The zero-order valence-electron chi connectivity index (χ0n) is 75.8. The number of thiazole rings is 1. The maximum Gasteiger partial charge on any atom is 0.145 e. The number of furan rings is 3. The summed E-state index contributed by atoms with van der Waals surface area (Å²) in [4.78, 5) is 4.94. The van der Waals surface area contributed by atoms with Gasteiger partial charge in [0.2, 0.25) is 0 Å². The molecule has 0 radical (unpaired) electrons. The first-order valence-corrected chi connectivity index (χ1v) is 50.6. The van der Waals surface area contributed by atoms with E-state index in [-0.39, 0.29) is 0 Å². The van der Waals surface area contributed by atoms with Crippen molar-refractivity contribution in [2.75, 3.05) is 21.3 Å². The minimum absolute atomic E-state index is 0.858. The van der Waals surface area contributed by atoms with Crippen LogP contribution >= 0.6 is 45.3 Å². The third-order valence-corrected chi connectivity index (χ3v) is 31.6. The molecule has 664 valence electrons. The maximum absolute atomic E-state index is 6.63. The third-order valence-electron chi connectivity index (χ3n) is 27.1. The Morgan fingerprint density at radius 2 is 0.652 bits per heavy atom. The van der Waals surface area contributed by atoms with Crippen molar-refractivity contribution < 1.29 is 13.3 Å². The molecule has 0 bridgehead atoms. The number of hydrogen-bond acceptors (Lipinski definition) is 12. The Morgan fingerprint density at radius 1 is 0.184 bits per heavy atom. The molecule has 30 aromatic rings. The summed E-state index contributed by atoms with van der Waals surface area (Å²) in [6, 6.07) is 165. The Labute approximate surface area is 825 Å². The lowest BCUT2D eigenvalue weighted by Crippen LogP contribution is -1.91. The number of benzene rings is 23. The lowest BCUT2D eigenvalue weighted by molar-refractivity contribution is 0.669. The van der Waals surface area contributed by atoms with Gasteiger partial charge >= 0.3 is 0 Å². The predicted octanol–water partition coefficient (Wildman–Crippen LogP) is 39.5. The van der Waals surface area contributed by atoms with Gasteiger partial charge in [0.1, 0.15) is 38.5 Å². The number of thiophene rings is 3. The normalized spacial score (nSPS) is 11.7. The monoisotopic (exact) mass is 1880 g/mol. The van der Waals surface area contributed by atoms with Crippen molar-refractivity contribution in [3.8, 4) is 55.1 Å². The molecule has 7 aromatic heterocycles. The van der Waals surface area contributed by atoms with Crippen molar-refractivity contribution in [2.45, 2.75) is 0 Å². The molecule has 0 aliphatic carbocycles. The van der Waals surface area contributed by atoms with Crippen molar-refractivity contribution in [1.29, 1.82) is 0 Å². The van der Waals surface area contributed by atoms with E-state index in [0.29, 0.717) is 0 Å². The topological polar surface area (TPSA) is 100 Å². The van der Waals surface area contributed by atoms with Crippen LogP contribution in [0.25, 0.3) is 235 Å². The number of hydrogen-bond donors (Lipinski definition) is 4. The second kappa shape index (κ2) is 34.9. The SMILES string of the molecule is c1ccc(-c2ccc(-c3cc(Nc4ccc5c(c4)sc4ccccc45)cc4c3oc3cc5ccccc5cc34)cc2)cc1.c1ccc(Nc2cc(-c3ccccc3)cc3sc4ccccc4c23)cc1.c1ccc(Nc2ccc(-c3cc4ccc5cccc6ccc(c3)c4c56)c3sc4ccccc4c23)cc1.c1ccc2sc(-c3cc(Nc4ccc5oc6ccccc6c5c4)cc4c3oc3ccccc34)nc2c1. The average molecular weight is 1880 g/mol. The number of nitrogens with zero attached hydrogens (tertiary/aromatic N) is 1. The van der Waals surface area contributed by atoms with Gasteiger partial charge in [0.05, 0.1) is 15.8 Å². The largest absolute Gasteiger partial charge is 0.456 e. The molecule has 0 amide bonds. The van der Waals surface area contributed by atoms with Gasteiger partial charge in [-0.1, -0.05) is 303 Å². The van der Waals surface area contributed by atoms with E-state index >= 15 is 0 Å². The zero-order chi connectivity index (χ0) is 93.0. The molecule has 0 aliphatic rings. The summed E-state index contributed by atoms with van der Waals surface area (Å²) in [6.45, 7) is 0. The highest BCUT2D eigenvalue weighted by Gasteiger charge is 2.24. The standard InChI is InChI=1S/C40H25NOS.C34H21NS.C31H18N2O2S.C24H17NS/c1-2-8-25(9-3-1)26-14-16-27(17-15-26)34-22-31(41-30-18-19-33-32-12-6-7-13-38(32)43-39(33)24-30)23-36-35-20-28-10-4-5-11-29(28)21-37(35)42-40(34)36;1-2-9-26(10-3-1)35-29-18-17-27(34-33(29)28-11-4-5-12-30(28)36-34)25-19-23-15-13-21-7-6-8-22-14-16-24(20-25)32(23)31(21)22;1-4-10-26-20(7-1)22-15-18(13-14-28(22)34-26)32-19-16-23-21-8-2-5-11-27(21)35-30(23)24(17-19)31-33-25-9-3-6-12-29(25)36-31;1-3-9-17(10-4-1)18-15-21(25-19-11-5-2-6-12-19)24-20-13-7-8-14-22(20)26-23(24)16-18/h1-24,41H;1-20,35H;1-17,32H;1-16,25H. The highest BCUT2D eigenvalue weighted by atomic mass is 32.1. The van der Waals surface area contributed by atoms with Crippen LogP contribution in [0, 0.1) is 0 Å². The third kappa shape index (κ3) is 15.3. The van der Waals surface area contributed by atoms with E-state index in [2.05, 4.69) is 434 Å². The van der Waals surface area contributed by atoms with Crippen molar-refractivity contribution in [3.05, 3.63) is 467 Å². The van der Waals surface area contributed by atoms with Gasteiger partial charge < -0.3 is 34.5 Å². The van der Waals surface area contributed by atoms with E-state index in [9.17, 15) is 0 Å². The van der Waals surface area contributed by atoms with Gasteiger partial charge in [0.25, 0.3) is 0 Å². The van der Waals surface area contributed by atoms with Crippen molar-refractivity contribution in [3.63, 3.8) is 0 Å². The first-order valence-electron chi connectivity index (χ1n) is 47.3. The predicted molar refractivity (Wildman–Crippen MR) is 607 cm³/mol. The van der Waals surface area contributed by atoms with Crippen LogP contribution in [0.4, 0.5) is 45.5 Å². The van der Waals surface area contributed by atoms with E-state index in [1.165, 1.54) is 137 Å². The van der Waals surface area contributed by atoms with Crippen LogP contribution < -0.4 is 21.3 Å². The number of nitrogens with one attached hydrogen (secondary N) is 4. The van der Waals surface area contributed by atoms with E-state index in [0.717, 1.165) is 143 Å². The Hall–Kier alpha value is -17.5. The molecule has 30 rings (SSSR count). The van der Waals surface area contributed by atoms with Gasteiger partial charge in [0, 0.05) is 144 Å². The van der Waals surface area contributed by atoms with Crippen LogP contribution in [-0.2, 0) is 0 Å². The summed E-state index contributed by atoms with van der Waals surface area (Å²) in [5, 5.41) is 40.4. The molecule has 23 aromatic carbocycles. The summed E-state index contributed by atoms with van der Waals surface area (Å²) in [6.07, 6.45) is 0. The fraction of sp³-hybridized carbons (Fsp3) is 0. The molecule has 0 atom stereocenters. The van der Waals surface area contributed by atoms with Gasteiger partial charge in [0.15, 0.2) is 0 Å². The Morgan fingerprint density at radius 3 is 1.35 bits per heavy atom.